The number of aromatic nitrogens is 1. The molecule has 0 saturated heterocycles. The van der Waals surface area contributed by atoms with Gasteiger partial charge in [0.25, 0.3) is 0 Å². The lowest BCUT2D eigenvalue weighted by molar-refractivity contribution is -0.149. The van der Waals surface area contributed by atoms with E-state index in [9.17, 15) is 14.4 Å². The molecule has 2 aromatic carbocycles. The van der Waals surface area contributed by atoms with E-state index in [0.717, 1.165) is 26.8 Å². The number of halogens is 1. The Hall–Kier alpha value is -2.55. The highest BCUT2D eigenvalue weighted by atomic mass is 35.5. The molecule has 6 nitrogen and oxygen atoms in total. The summed E-state index contributed by atoms with van der Waals surface area (Å²) in [5, 5.41) is 4.16. The normalized spacial score (nSPS) is 21.8. The monoisotopic (exact) mass is 458 g/mol. The lowest BCUT2D eigenvalue weighted by Gasteiger charge is -2.44. The molecule has 2 atom stereocenters. The summed E-state index contributed by atoms with van der Waals surface area (Å²) < 4.78 is 5.66. The number of fused-ring (bicyclic) bond motifs is 5. The summed E-state index contributed by atoms with van der Waals surface area (Å²) in [6, 6.07) is 14.1. The molecule has 2 aliphatic heterocycles. The van der Waals surface area contributed by atoms with E-state index in [1.807, 2.05) is 12.1 Å². The maximum Gasteiger partial charge on any atom is 0.319 e. The molecule has 2 aliphatic rings. The molecular formula is C21H15ClN2O4S2. The third-order valence-corrected chi connectivity index (χ3v) is 7.97. The van der Waals surface area contributed by atoms with Crippen LogP contribution in [0.3, 0.4) is 0 Å². The van der Waals surface area contributed by atoms with E-state index in [1.165, 1.54) is 11.8 Å². The number of hydrogen-bond acceptors (Lipinski definition) is 6. The first-order chi connectivity index (χ1) is 14.5. The number of esters is 1. The summed E-state index contributed by atoms with van der Waals surface area (Å²) in [4.78, 5) is 41.7. The maximum absolute atomic E-state index is 13.2. The first-order valence-corrected chi connectivity index (χ1v) is 11.4. The lowest BCUT2D eigenvalue weighted by atomic mass is 9.68. The van der Waals surface area contributed by atoms with Crippen LogP contribution in [0.1, 0.15) is 22.8 Å². The Bertz CT molecular complexity index is 1220. The van der Waals surface area contributed by atoms with E-state index in [4.69, 9.17) is 16.3 Å². The minimum atomic E-state index is -1.10. The van der Waals surface area contributed by atoms with Crippen molar-refractivity contribution in [2.75, 3.05) is 11.1 Å². The van der Waals surface area contributed by atoms with Gasteiger partial charge in [0, 0.05) is 39.2 Å². The number of ether oxygens (including phenoxy) is 1. The van der Waals surface area contributed by atoms with Crippen molar-refractivity contribution >= 4 is 52.3 Å². The fourth-order valence-corrected chi connectivity index (χ4v) is 6.71. The summed E-state index contributed by atoms with van der Waals surface area (Å²) in [6.45, 7) is 0. The van der Waals surface area contributed by atoms with Gasteiger partial charge in [-0.3, -0.25) is 14.4 Å². The summed E-state index contributed by atoms with van der Waals surface area (Å²) in [6.07, 6.45) is -0.0635. The number of thiazole rings is 1. The lowest BCUT2D eigenvalue weighted by Crippen LogP contribution is -2.49. The van der Waals surface area contributed by atoms with E-state index in [1.54, 1.807) is 36.4 Å². The van der Waals surface area contributed by atoms with Crippen LogP contribution in [0.5, 0.6) is 5.75 Å². The van der Waals surface area contributed by atoms with Gasteiger partial charge in [0.15, 0.2) is 0 Å². The maximum atomic E-state index is 13.2. The Labute approximate surface area is 184 Å². The van der Waals surface area contributed by atoms with Crippen molar-refractivity contribution in [1.82, 2.24) is 4.98 Å². The average Bonchev–Trinajstić information content (AvgIpc) is 3.10. The van der Waals surface area contributed by atoms with Crippen LogP contribution in [0.15, 0.2) is 58.4 Å². The number of aromatic amines is 1. The summed E-state index contributed by atoms with van der Waals surface area (Å²) >= 11 is 8.37. The molecular weight excluding hydrogens is 444 g/mol. The Morgan fingerprint density at radius 2 is 1.97 bits per heavy atom. The zero-order chi connectivity index (χ0) is 20.9. The first-order valence-electron chi connectivity index (χ1n) is 9.19. The van der Waals surface area contributed by atoms with Gasteiger partial charge in [0.1, 0.15) is 5.75 Å². The number of anilines is 1. The van der Waals surface area contributed by atoms with Crippen molar-refractivity contribution in [3.8, 4) is 5.75 Å². The number of thioether (sulfide) groups is 1. The standard InChI is InChI=1S/C21H15ClN2O4S2/c22-11-5-7-12(8-6-11)23-15(25)9-21-10-29-18-17(30-20(27)24-18)16(21)13-3-1-2-4-14(13)28-19(21)26/h1-8,16H,9-10H2,(H,23,25)(H,24,27)/t16-,21+/m1/s1. The minimum Gasteiger partial charge on any atom is -0.426 e. The summed E-state index contributed by atoms with van der Waals surface area (Å²) in [5.41, 5.74) is 0.304. The van der Waals surface area contributed by atoms with Crippen LogP contribution >= 0.6 is 34.7 Å². The van der Waals surface area contributed by atoms with Crippen molar-refractivity contribution in [2.45, 2.75) is 17.4 Å². The first kappa shape index (κ1) is 19.4. The number of carbonyl (C=O) groups excluding carboxylic acids is 2. The van der Waals surface area contributed by atoms with Crippen molar-refractivity contribution in [1.29, 1.82) is 0 Å². The van der Waals surface area contributed by atoms with Gasteiger partial charge in [-0.1, -0.05) is 41.1 Å². The smallest absolute Gasteiger partial charge is 0.319 e. The van der Waals surface area contributed by atoms with E-state index < -0.39 is 17.3 Å². The van der Waals surface area contributed by atoms with Crippen LogP contribution in [0.25, 0.3) is 0 Å². The molecule has 0 fully saturated rings. The van der Waals surface area contributed by atoms with Crippen LogP contribution in [-0.4, -0.2) is 22.6 Å². The third kappa shape index (κ3) is 3.15. The molecule has 5 rings (SSSR count). The van der Waals surface area contributed by atoms with Crippen LogP contribution in [0, 0.1) is 5.41 Å². The molecule has 0 bridgehead atoms. The number of H-pyrrole nitrogens is 1. The second kappa shape index (κ2) is 7.30. The molecule has 1 amide bonds. The largest absolute Gasteiger partial charge is 0.426 e. The second-order valence-electron chi connectivity index (χ2n) is 7.24. The van der Waals surface area contributed by atoms with Crippen molar-refractivity contribution in [2.24, 2.45) is 5.41 Å². The number of hydrogen-bond donors (Lipinski definition) is 2. The Morgan fingerprint density at radius 1 is 1.20 bits per heavy atom. The Kier molecular flexibility index (Phi) is 4.72. The van der Waals surface area contributed by atoms with Gasteiger partial charge in [0.05, 0.1) is 10.4 Å². The van der Waals surface area contributed by atoms with E-state index in [0.29, 0.717) is 22.2 Å². The van der Waals surface area contributed by atoms with E-state index in [2.05, 4.69) is 10.3 Å². The number of nitrogens with one attached hydrogen (secondary N) is 2. The molecule has 0 aliphatic carbocycles. The molecule has 9 heteroatoms. The molecule has 2 N–H and O–H groups in total. The Balaban J connectivity index is 1.56. The molecule has 3 heterocycles. The summed E-state index contributed by atoms with van der Waals surface area (Å²) in [5.74, 6) is -0.369. The highest BCUT2D eigenvalue weighted by Crippen LogP contribution is 2.58. The fraction of sp³-hybridized carbons (Fsp3) is 0.190. The highest BCUT2D eigenvalue weighted by Gasteiger charge is 2.57. The second-order valence-corrected chi connectivity index (χ2v) is 9.68. The summed E-state index contributed by atoms with van der Waals surface area (Å²) in [7, 11) is 0. The van der Waals surface area contributed by atoms with Crippen LogP contribution < -0.4 is 14.9 Å². The number of para-hydroxylation sites is 1. The zero-order valence-electron chi connectivity index (χ0n) is 15.4. The Morgan fingerprint density at radius 3 is 2.77 bits per heavy atom. The third-order valence-electron chi connectivity index (χ3n) is 5.37. The number of carbonyl (C=O) groups is 2. The van der Waals surface area contributed by atoms with E-state index in [-0.39, 0.29) is 17.2 Å². The molecule has 152 valence electrons. The van der Waals surface area contributed by atoms with Crippen LogP contribution in [0.4, 0.5) is 5.69 Å². The van der Waals surface area contributed by atoms with Crippen molar-refractivity contribution < 1.29 is 14.3 Å². The molecule has 0 saturated carbocycles. The minimum absolute atomic E-state index is 0.0635. The van der Waals surface area contributed by atoms with Crippen LogP contribution in [-0.2, 0) is 9.59 Å². The van der Waals surface area contributed by atoms with Gasteiger partial charge in [-0.15, -0.1) is 11.8 Å². The fourth-order valence-electron chi connectivity index (χ4n) is 4.04. The topological polar surface area (TPSA) is 88.3 Å². The van der Waals surface area contributed by atoms with Crippen LogP contribution in [0.2, 0.25) is 5.02 Å². The number of rotatable bonds is 3. The van der Waals surface area contributed by atoms with Gasteiger partial charge in [0.2, 0.25) is 5.91 Å². The quantitative estimate of drug-likeness (QED) is 0.452. The molecule has 0 spiro atoms. The van der Waals surface area contributed by atoms with Gasteiger partial charge in [-0.25, -0.2) is 0 Å². The zero-order valence-corrected chi connectivity index (χ0v) is 17.8. The van der Waals surface area contributed by atoms with E-state index >= 15 is 0 Å². The highest BCUT2D eigenvalue weighted by molar-refractivity contribution is 7.99. The van der Waals surface area contributed by atoms with Gasteiger partial charge in [-0.2, -0.15) is 0 Å². The number of amides is 1. The predicted molar refractivity (Wildman–Crippen MR) is 117 cm³/mol. The molecule has 0 radical (unpaired) electrons. The van der Waals surface area contributed by atoms with Crippen molar-refractivity contribution in [3.05, 3.63) is 73.7 Å². The van der Waals surface area contributed by atoms with Gasteiger partial charge >= 0.3 is 10.8 Å². The molecule has 3 aromatic rings. The predicted octanol–water partition coefficient (Wildman–Crippen LogP) is 4.26. The van der Waals surface area contributed by atoms with Gasteiger partial charge in [-0.05, 0) is 30.3 Å². The van der Waals surface area contributed by atoms with Crippen molar-refractivity contribution in [3.63, 3.8) is 0 Å². The number of benzene rings is 2. The molecule has 1 aromatic heterocycles. The average molecular weight is 459 g/mol. The van der Waals surface area contributed by atoms with Gasteiger partial charge < -0.3 is 15.0 Å². The SMILES string of the molecule is O=C(C[C@]12CSc3[nH]c(=O)sc3[C@H]1c1ccccc1OC2=O)Nc1ccc(Cl)cc1. The molecule has 30 heavy (non-hydrogen) atoms. The molecule has 0 unspecified atom stereocenters.